The van der Waals surface area contributed by atoms with Gasteiger partial charge in [-0.15, -0.1) is 0 Å². The Balaban J connectivity index is 1.96. The van der Waals surface area contributed by atoms with Crippen molar-refractivity contribution in [3.8, 4) is 0 Å². The molecule has 104 valence electrons. The maximum Gasteiger partial charge on any atom is 0.243 e. The third kappa shape index (κ3) is 2.15. The maximum absolute atomic E-state index is 12.7. The number of hydrogen-bond donors (Lipinski definition) is 1. The van der Waals surface area contributed by atoms with E-state index in [1.54, 1.807) is 16.4 Å². The quantitative estimate of drug-likeness (QED) is 0.923. The summed E-state index contributed by atoms with van der Waals surface area (Å²) in [5, 5.41) is 3.25. The van der Waals surface area contributed by atoms with Gasteiger partial charge >= 0.3 is 0 Å². The summed E-state index contributed by atoms with van der Waals surface area (Å²) in [5.74, 6) is 0. The summed E-state index contributed by atoms with van der Waals surface area (Å²) in [5.41, 5.74) is 2.20. The van der Waals surface area contributed by atoms with Gasteiger partial charge in [-0.3, -0.25) is 0 Å². The molecule has 1 atom stereocenters. The first-order valence-electron chi connectivity index (χ1n) is 7.01. The van der Waals surface area contributed by atoms with E-state index in [9.17, 15) is 8.42 Å². The first kappa shape index (κ1) is 12.9. The highest BCUT2D eigenvalue weighted by molar-refractivity contribution is 7.89. The zero-order chi connectivity index (χ0) is 13.5. The van der Waals surface area contributed by atoms with Gasteiger partial charge in [0.15, 0.2) is 0 Å². The molecular weight excluding hydrogens is 260 g/mol. The lowest BCUT2D eigenvalue weighted by atomic mass is 10.2. The number of hydrogen-bond acceptors (Lipinski definition) is 3. The van der Waals surface area contributed by atoms with Gasteiger partial charge in [-0.25, -0.2) is 8.42 Å². The van der Waals surface area contributed by atoms with E-state index < -0.39 is 10.0 Å². The highest BCUT2D eigenvalue weighted by Gasteiger charge is 2.34. The lowest BCUT2D eigenvalue weighted by Gasteiger charge is -2.23. The van der Waals surface area contributed by atoms with Gasteiger partial charge in [0.25, 0.3) is 0 Å². The Kier molecular flexibility index (Phi) is 3.27. The number of benzene rings is 1. The van der Waals surface area contributed by atoms with Gasteiger partial charge in [0.1, 0.15) is 0 Å². The molecule has 0 spiro atoms. The fourth-order valence-corrected chi connectivity index (χ4v) is 4.89. The van der Waals surface area contributed by atoms with Crippen LogP contribution < -0.4 is 5.32 Å². The third-order valence-electron chi connectivity index (χ3n) is 4.19. The van der Waals surface area contributed by atoms with E-state index in [1.165, 1.54) is 5.56 Å². The van der Waals surface area contributed by atoms with Gasteiger partial charge in [0, 0.05) is 24.8 Å². The lowest BCUT2D eigenvalue weighted by Crippen LogP contribution is -2.35. The number of nitrogens with zero attached hydrogens (tertiary/aromatic N) is 1. The monoisotopic (exact) mass is 280 g/mol. The van der Waals surface area contributed by atoms with E-state index in [-0.39, 0.29) is 6.04 Å². The van der Waals surface area contributed by atoms with E-state index in [0.29, 0.717) is 11.4 Å². The van der Waals surface area contributed by atoms with Gasteiger partial charge in [0.2, 0.25) is 10.0 Å². The second-order valence-corrected chi connectivity index (χ2v) is 7.21. The summed E-state index contributed by atoms with van der Waals surface area (Å²) >= 11 is 0. The molecule has 1 unspecified atom stereocenters. The van der Waals surface area contributed by atoms with Crippen LogP contribution in [0.4, 0.5) is 5.69 Å². The first-order valence-corrected chi connectivity index (χ1v) is 8.45. The zero-order valence-corrected chi connectivity index (χ0v) is 12.0. The summed E-state index contributed by atoms with van der Waals surface area (Å²) in [6.45, 7) is 3.62. The molecule has 1 aromatic carbocycles. The first-order chi connectivity index (χ1) is 9.13. The van der Waals surface area contributed by atoms with E-state index in [1.807, 2.05) is 6.07 Å². The minimum atomic E-state index is -3.33. The van der Waals surface area contributed by atoms with Crippen LogP contribution in [0.15, 0.2) is 23.1 Å². The van der Waals surface area contributed by atoms with Crippen LogP contribution >= 0.6 is 0 Å². The average molecular weight is 280 g/mol. The Morgan fingerprint density at radius 2 is 2.26 bits per heavy atom. The molecule has 0 saturated carbocycles. The van der Waals surface area contributed by atoms with Crippen LogP contribution in [0.2, 0.25) is 0 Å². The molecule has 5 heteroatoms. The van der Waals surface area contributed by atoms with Crippen LogP contribution in [0.5, 0.6) is 0 Å². The Morgan fingerprint density at radius 1 is 1.42 bits per heavy atom. The number of fused-ring (bicyclic) bond motifs is 1. The summed E-state index contributed by atoms with van der Waals surface area (Å²) < 4.78 is 27.1. The molecule has 0 radical (unpaired) electrons. The molecule has 4 nitrogen and oxygen atoms in total. The smallest absolute Gasteiger partial charge is 0.243 e. The van der Waals surface area contributed by atoms with Crippen molar-refractivity contribution in [3.05, 3.63) is 23.8 Å². The van der Waals surface area contributed by atoms with Crippen LogP contribution in [0.3, 0.4) is 0 Å². The summed E-state index contributed by atoms with van der Waals surface area (Å²) in [7, 11) is -3.33. The molecule has 2 heterocycles. The highest BCUT2D eigenvalue weighted by atomic mass is 32.2. The van der Waals surface area contributed by atoms with Crippen molar-refractivity contribution in [2.24, 2.45) is 0 Å². The van der Waals surface area contributed by atoms with Crippen LogP contribution in [-0.4, -0.2) is 31.9 Å². The van der Waals surface area contributed by atoms with E-state index >= 15 is 0 Å². The molecule has 1 saturated heterocycles. The van der Waals surface area contributed by atoms with Crippen molar-refractivity contribution in [1.82, 2.24) is 4.31 Å². The molecule has 3 rings (SSSR count). The normalized spacial score (nSPS) is 23.3. The van der Waals surface area contributed by atoms with E-state index in [0.717, 1.165) is 37.9 Å². The zero-order valence-electron chi connectivity index (χ0n) is 11.2. The Bertz CT molecular complexity index is 583. The molecular formula is C14H20N2O2S. The molecule has 1 N–H and O–H groups in total. The predicted octanol–water partition coefficient (Wildman–Crippen LogP) is 2.22. The molecule has 19 heavy (non-hydrogen) atoms. The second kappa shape index (κ2) is 4.80. The van der Waals surface area contributed by atoms with Crippen molar-refractivity contribution in [3.63, 3.8) is 0 Å². The van der Waals surface area contributed by atoms with Gasteiger partial charge in [-0.1, -0.05) is 13.0 Å². The van der Waals surface area contributed by atoms with Gasteiger partial charge in [-0.2, -0.15) is 4.31 Å². The Morgan fingerprint density at radius 3 is 3.05 bits per heavy atom. The molecule has 2 aliphatic rings. The summed E-state index contributed by atoms with van der Waals surface area (Å²) in [4.78, 5) is 0.431. The molecule has 0 amide bonds. The third-order valence-corrected chi connectivity index (χ3v) is 6.14. The molecule has 0 aliphatic carbocycles. The number of anilines is 1. The van der Waals surface area contributed by atoms with Crippen LogP contribution in [0.25, 0.3) is 0 Å². The van der Waals surface area contributed by atoms with E-state index in [2.05, 4.69) is 12.2 Å². The fourth-order valence-electron chi connectivity index (χ4n) is 3.10. The molecule has 1 fully saturated rings. The SMILES string of the molecule is CCC1CCCN1S(=O)(=O)c1ccc2c(c1)NCC2. The summed E-state index contributed by atoms with van der Waals surface area (Å²) in [6, 6.07) is 5.67. The molecule has 2 aliphatic heterocycles. The van der Waals surface area contributed by atoms with Crippen molar-refractivity contribution in [2.45, 2.75) is 43.5 Å². The lowest BCUT2D eigenvalue weighted by molar-refractivity contribution is 0.379. The number of rotatable bonds is 3. The van der Waals surface area contributed by atoms with Gasteiger partial charge in [-0.05, 0) is 43.4 Å². The maximum atomic E-state index is 12.7. The van der Waals surface area contributed by atoms with E-state index in [4.69, 9.17) is 0 Å². The van der Waals surface area contributed by atoms with Crippen molar-refractivity contribution in [2.75, 3.05) is 18.4 Å². The van der Waals surface area contributed by atoms with Gasteiger partial charge in [0.05, 0.1) is 4.90 Å². The Labute approximate surface area is 114 Å². The predicted molar refractivity (Wildman–Crippen MR) is 75.8 cm³/mol. The number of nitrogens with one attached hydrogen (secondary N) is 1. The summed E-state index contributed by atoms with van der Waals surface area (Å²) in [6.07, 6.45) is 3.83. The minimum Gasteiger partial charge on any atom is -0.384 e. The number of sulfonamides is 1. The second-order valence-electron chi connectivity index (χ2n) is 5.32. The molecule has 0 bridgehead atoms. The van der Waals surface area contributed by atoms with Crippen molar-refractivity contribution < 1.29 is 8.42 Å². The highest BCUT2D eigenvalue weighted by Crippen LogP contribution is 2.31. The minimum absolute atomic E-state index is 0.172. The Hall–Kier alpha value is -1.07. The standard InChI is InChI=1S/C14H20N2O2S/c1-2-12-4-3-9-16(12)19(17,18)13-6-5-11-7-8-15-14(11)10-13/h5-6,10,12,15H,2-4,7-9H2,1H3. The van der Waals surface area contributed by atoms with Crippen LogP contribution in [0, 0.1) is 0 Å². The van der Waals surface area contributed by atoms with Crippen molar-refractivity contribution in [1.29, 1.82) is 0 Å². The topological polar surface area (TPSA) is 49.4 Å². The van der Waals surface area contributed by atoms with Crippen LogP contribution in [0.1, 0.15) is 31.7 Å². The largest absolute Gasteiger partial charge is 0.384 e. The van der Waals surface area contributed by atoms with Crippen molar-refractivity contribution >= 4 is 15.7 Å². The molecule has 1 aromatic rings. The molecule has 0 aromatic heterocycles. The van der Waals surface area contributed by atoms with Crippen LogP contribution in [-0.2, 0) is 16.4 Å². The fraction of sp³-hybridized carbons (Fsp3) is 0.571. The van der Waals surface area contributed by atoms with Gasteiger partial charge < -0.3 is 5.32 Å². The average Bonchev–Trinajstić information content (AvgIpc) is 3.06.